The molecule has 0 bridgehead atoms. The highest BCUT2D eigenvalue weighted by Crippen LogP contribution is 2.18. The van der Waals surface area contributed by atoms with Crippen LogP contribution in [0.1, 0.15) is 296 Å². The van der Waals surface area contributed by atoms with E-state index < -0.39 is 24.3 Å². The number of carboxylic acids is 1. The molecular weight excluding hydrogens is 1010 g/mol. The summed E-state index contributed by atoms with van der Waals surface area (Å²) < 4.78 is 22.9. The number of hydrogen-bond acceptors (Lipinski definition) is 7. The third-order valence-electron chi connectivity index (χ3n) is 14.6. The topological polar surface area (TPSA) is 108 Å². The van der Waals surface area contributed by atoms with E-state index in [2.05, 4.69) is 98.9 Å². The SMILES string of the molecule is CC/C=C\C/C=C\C/C=C\C/C=C\CCCCCCCCCCCCCCCCCCCCCCCCCCCCC(=O)OC(COC(=O)CCCCCCCCC/C=C\C/C=C\C/C=C\CC)COC(OCC[N+](C)(C)C)C(=O)O. The van der Waals surface area contributed by atoms with Gasteiger partial charge in [-0.25, -0.2) is 4.79 Å². The summed E-state index contributed by atoms with van der Waals surface area (Å²) in [6, 6.07) is 0. The fourth-order valence-electron chi connectivity index (χ4n) is 9.55. The molecule has 0 amide bonds. The molecule has 0 aliphatic heterocycles. The van der Waals surface area contributed by atoms with Gasteiger partial charge in [-0.3, -0.25) is 9.59 Å². The maximum Gasteiger partial charge on any atom is 0.361 e. The van der Waals surface area contributed by atoms with Gasteiger partial charge in [0.15, 0.2) is 6.10 Å². The first kappa shape index (κ1) is 77.5. The highest BCUT2D eigenvalue weighted by molar-refractivity contribution is 5.71. The Morgan fingerprint density at radius 1 is 0.370 bits per heavy atom. The Labute approximate surface area is 500 Å². The molecule has 0 aromatic carbocycles. The number of unbranched alkanes of at least 4 members (excludes halogenated alkanes) is 33. The van der Waals surface area contributed by atoms with E-state index in [0.717, 1.165) is 96.3 Å². The van der Waals surface area contributed by atoms with Gasteiger partial charge in [-0.15, -0.1) is 0 Å². The number of nitrogens with zero attached hydrogens (tertiary/aromatic N) is 1. The number of likely N-dealkylation sites (N-methyl/N-ethyl adjacent to an activating group) is 1. The summed E-state index contributed by atoms with van der Waals surface area (Å²) in [7, 11) is 5.97. The van der Waals surface area contributed by atoms with Crippen LogP contribution in [0.3, 0.4) is 0 Å². The van der Waals surface area contributed by atoms with Crippen LogP contribution in [-0.2, 0) is 33.3 Å². The molecule has 0 saturated carbocycles. The molecule has 9 heteroatoms. The van der Waals surface area contributed by atoms with Crippen LogP contribution in [0, 0.1) is 0 Å². The third kappa shape index (κ3) is 63.9. The molecule has 0 saturated heterocycles. The van der Waals surface area contributed by atoms with Crippen molar-refractivity contribution in [3.8, 4) is 0 Å². The molecule has 0 aliphatic rings. The second-order valence-corrected chi connectivity index (χ2v) is 23.7. The molecule has 0 aromatic heterocycles. The summed E-state index contributed by atoms with van der Waals surface area (Å²) in [5.41, 5.74) is 0. The van der Waals surface area contributed by atoms with Gasteiger partial charge in [-0.05, 0) is 83.5 Å². The van der Waals surface area contributed by atoms with Crippen molar-refractivity contribution in [1.29, 1.82) is 0 Å². The minimum Gasteiger partial charge on any atom is -0.477 e. The lowest BCUT2D eigenvalue weighted by atomic mass is 10.0. The Bertz CT molecular complexity index is 1600. The van der Waals surface area contributed by atoms with E-state index in [1.165, 1.54) is 173 Å². The molecule has 81 heavy (non-hydrogen) atoms. The van der Waals surface area contributed by atoms with Gasteiger partial charge < -0.3 is 28.5 Å². The third-order valence-corrected chi connectivity index (χ3v) is 14.6. The van der Waals surface area contributed by atoms with Crippen LogP contribution in [0.4, 0.5) is 0 Å². The molecule has 468 valence electrons. The maximum absolute atomic E-state index is 12.9. The van der Waals surface area contributed by atoms with Gasteiger partial charge >= 0.3 is 17.9 Å². The Morgan fingerprint density at radius 2 is 0.667 bits per heavy atom. The van der Waals surface area contributed by atoms with Gasteiger partial charge in [0.1, 0.15) is 13.2 Å². The van der Waals surface area contributed by atoms with Crippen molar-refractivity contribution in [2.45, 2.75) is 309 Å². The zero-order valence-corrected chi connectivity index (χ0v) is 53.4. The number of carboxylic acid groups (broad SMARTS) is 1. The highest BCUT2D eigenvalue weighted by Gasteiger charge is 2.25. The molecule has 0 radical (unpaired) electrons. The minimum absolute atomic E-state index is 0.185. The molecule has 0 spiro atoms. The van der Waals surface area contributed by atoms with Crippen molar-refractivity contribution in [3.05, 3.63) is 85.1 Å². The summed E-state index contributed by atoms with van der Waals surface area (Å²) in [5, 5.41) is 9.72. The number of rotatable bonds is 62. The first-order valence-electron chi connectivity index (χ1n) is 33.8. The number of aliphatic carboxylic acids is 1. The first-order valence-corrected chi connectivity index (χ1v) is 33.8. The minimum atomic E-state index is -1.51. The van der Waals surface area contributed by atoms with Crippen LogP contribution in [0.15, 0.2) is 85.1 Å². The molecule has 0 fully saturated rings. The number of carbonyl (C=O) groups excluding carboxylic acids is 2. The number of esters is 2. The lowest BCUT2D eigenvalue weighted by Gasteiger charge is -2.25. The highest BCUT2D eigenvalue weighted by atomic mass is 16.7. The van der Waals surface area contributed by atoms with Crippen molar-refractivity contribution in [3.63, 3.8) is 0 Å². The number of hydrogen-bond donors (Lipinski definition) is 1. The molecule has 0 heterocycles. The molecule has 2 unspecified atom stereocenters. The van der Waals surface area contributed by atoms with Gasteiger partial charge in [-0.2, -0.15) is 0 Å². The van der Waals surface area contributed by atoms with Crippen LogP contribution in [0.5, 0.6) is 0 Å². The summed E-state index contributed by atoms with van der Waals surface area (Å²) in [5.74, 6) is -2.01. The van der Waals surface area contributed by atoms with Crippen molar-refractivity contribution in [2.24, 2.45) is 0 Å². The zero-order valence-electron chi connectivity index (χ0n) is 53.4. The second kappa shape index (κ2) is 62.5. The number of quaternary nitrogens is 1. The Hall–Kier alpha value is -3.53. The summed E-state index contributed by atoms with van der Waals surface area (Å²) in [6.07, 6.45) is 81.4. The Balaban J connectivity index is 3.98. The molecule has 0 aliphatic carbocycles. The Morgan fingerprint density at radius 3 is 0.988 bits per heavy atom. The average Bonchev–Trinajstić information content (AvgIpc) is 3.44. The van der Waals surface area contributed by atoms with Crippen LogP contribution in [0.2, 0.25) is 0 Å². The molecular formula is C72H128NO8+. The van der Waals surface area contributed by atoms with E-state index in [9.17, 15) is 19.5 Å². The van der Waals surface area contributed by atoms with Gasteiger partial charge in [0, 0.05) is 12.8 Å². The van der Waals surface area contributed by atoms with Gasteiger partial charge in [0.05, 0.1) is 34.4 Å². The molecule has 2 atom stereocenters. The predicted octanol–water partition coefficient (Wildman–Crippen LogP) is 20.7. The standard InChI is InChI=1S/C72H127NO8/c1-6-8-10-12-14-16-18-20-22-24-25-26-27-28-29-30-31-32-33-34-35-36-37-38-39-40-41-42-43-44-45-47-49-51-53-55-57-59-61-63-70(75)81-68(67-80-72(71(76)77)78-65-64-73(3,4)5)66-79-69(74)62-60-58-56-54-52-50-48-46-23-21-19-17-15-13-11-9-7-2/h8-11,14-17,20-23,25-26,68,72H,6-7,12-13,18-19,24,27-67H2,1-5H3/p+1/b10-8-,11-9-,16-14-,17-15-,22-20-,23-21-,26-25-. The van der Waals surface area contributed by atoms with Crippen molar-refractivity contribution < 1.29 is 42.9 Å². The lowest BCUT2D eigenvalue weighted by molar-refractivity contribution is -0.870. The maximum atomic E-state index is 12.9. The second-order valence-electron chi connectivity index (χ2n) is 23.7. The summed E-state index contributed by atoms with van der Waals surface area (Å²) in [6.45, 7) is 4.67. The number of carbonyl (C=O) groups is 3. The summed E-state index contributed by atoms with van der Waals surface area (Å²) >= 11 is 0. The number of ether oxygens (including phenoxy) is 4. The van der Waals surface area contributed by atoms with Crippen molar-refractivity contribution >= 4 is 17.9 Å². The predicted molar refractivity (Wildman–Crippen MR) is 346 cm³/mol. The van der Waals surface area contributed by atoms with Gasteiger partial charge in [0.2, 0.25) is 0 Å². The van der Waals surface area contributed by atoms with E-state index in [1.807, 2.05) is 21.1 Å². The van der Waals surface area contributed by atoms with E-state index in [-0.39, 0.29) is 32.2 Å². The van der Waals surface area contributed by atoms with E-state index >= 15 is 0 Å². The fourth-order valence-corrected chi connectivity index (χ4v) is 9.55. The smallest absolute Gasteiger partial charge is 0.361 e. The van der Waals surface area contributed by atoms with Crippen LogP contribution >= 0.6 is 0 Å². The average molecular weight is 1140 g/mol. The van der Waals surface area contributed by atoms with Crippen LogP contribution in [0.25, 0.3) is 0 Å². The van der Waals surface area contributed by atoms with Crippen molar-refractivity contribution in [2.75, 3.05) is 47.5 Å². The van der Waals surface area contributed by atoms with E-state index in [4.69, 9.17) is 18.9 Å². The van der Waals surface area contributed by atoms with Gasteiger partial charge in [0.25, 0.3) is 6.29 Å². The van der Waals surface area contributed by atoms with E-state index in [1.54, 1.807) is 0 Å². The fraction of sp³-hybridized carbons (Fsp3) is 0.764. The largest absolute Gasteiger partial charge is 0.477 e. The van der Waals surface area contributed by atoms with Crippen LogP contribution in [-0.4, -0.2) is 87.4 Å². The zero-order chi connectivity index (χ0) is 59.1. The number of allylic oxidation sites excluding steroid dienone is 14. The lowest BCUT2D eigenvalue weighted by Crippen LogP contribution is -2.40. The van der Waals surface area contributed by atoms with E-state index in [0.29, 0.717) is 17.4 Å². The van der Waals surface area contributed by atoms with Crippen LogP contribution < -0.4 is 0 Å². The monoisotopic (exact) mass is 1130 g/mol. The molecule has 0 aromatic rings. The van der Waals surface area contributed by atoms with Gasteiger partial charge in [-0.1, -0.05) is 285 Å². The van der Waals surface area contributed by atoms with Crippen molar-refractivity contribution in [1.82, 2.24) is 0 Å². The normalized spacial score (nSPS) is 13.2. The molecule has 0 rings (SSSR count). The Kier molecular flexibility index (Phi) is 59.8. The molecule has 1 N–H and O–H groups in total. The summed E-state index contributed by atoms with van der Waals surface area (Å²) in [4.78, 5) is 37.5. The quantitative estimate of drug-likeness (QED) is 0.0211. The molecule has 9 nitrogen and oxygen atoms in total. The first-order chi connectivity index (χ1) is 39.6.